The van der Waals surface area contributed by atoms with Gasteiger partial charge in [0.1, 0.15) is 11.4 Å². The highest BCUT2D eigenvalue weighted by molar-refractivity contribution is 5.67. The maximum absolute atomic E-state index is 11.8. The second kappa shape index (κ2) is 7.86. The average Bonchev–Trinajstić information content (AvgIpc) is 2.87. The predicted octanol–water partition coefficient (Wildman–Crippen LogP) is 3.76. The number of hydrogen-bond donors (Lipinski definition) is 2. The van der Waals surface area contributed by atoms with Crippen molar-refractivity contribution in [3.8, 4) is 0 Å². The molecule has 5 heteroatoms. The van der Waals surface area contributed by atoms with Crippen molar-refractivity contribution in [2.45, 2.75) is 71.6 Å². The molecule has 1 aliphatic carbocycles. The largest absolute Gasteiger partial charge is 0.468 e. The smallest absolute Gasteiger partial charge is 0.407 e. The minimum atomic E-state index is -0.453. The first kappa shape index (κ1) is 17.9. The van der Waals surface area contributed by atoms with E-state index >= 15 is 0 Å². The highest BCUT2D eigenvalue weighted by Gasteiger charge is 2.26. The number of rotatable bonds is 5. The Bertz CT molecular complexity index is 505. The van der Waals surface area contributed by atoms with E-state index in [1.807, 2.05) is 26.8 Å². The Morgan fingerprint density at radius 1 is 1.35 bits per heavy atom. The number of hydrogen-bond acceptors (Lipinski definition) is 4. The van der Waals surface area contributed by atoms with Crippen LogP contribution in [0.25, 0.3) is 0 Å². The molecular formula is C18H30N2O3. The zero-order valence-corrected chi connectivity index (χ0v) is 14.8. The van der Waals surface area contributed by atoms with Crippen LogP contribution in [0.1, 0.15) is 57.8 Å². The summed E-state index contributed by atoms with van der Waals surface area (Å²) in [7, 11) is 0. The number of amides is 1. The SMILES string of the molecule is Cc1ccoc1CNC1CCCCC1CNC(=O)OC(C)(C)C. The molecule has 2 rings (SSSR count). The molecule has 1 heterocycles. The molecule has 1 fully saturated rings. The van der Waals surface area contributed by atoms with Gasteiger partial charge in [0.2, 0.25) is 0 Å². The van der Waals surface area contributed by atoms with E-state index in [1.165, 1.54) is 18.4 Å². The number of carbonyl (C=O) groups is 1. The van der Waals surface area contributed by atoms with Gasteiger partial charge in [-0.3, -0.25) is 0 Å². The molecule has 2 N–H and O–H groups in total. The Balaban J connectivity index is 1.81. The van der Waals surface area contributed by atoms with Crippen LogP contribution in [-0.2, 0) is 11.3 Å². The number of alkyl carbamates (subject to hydrolysis) is 1. The van der Waals surface area contributed by atoms with E-state index in [0.29, 0.717) is 18.5 Å². The highest BCUT2D eigenvalue weighted by atomic mass is 16.6. The number of aryl methyl sites for hydroxylation is 1. The molecule has 5 nitrogen and oxygen atoms in total. The first-order chi connectivity index (χ1) is 10.8. The van der Waals surface area contributed by atoms with Crippen molar-refractivity contribution in [3.63, 3.8) is 0 Å². The average molecular weight is 322 g/mol. The lowest BCUT2D eigenvalue weighted by Crippen LogP contribution is -2.44. The molecule has 130 valence electrons. The summed E-state index contributed by atoms with van der Waals surface area (Å²) in [6.45, 7) is 9.09. The lowest BCUT2D eigenvalue weighted by atomic mass is 9.84. The van der Waals surface area contributed by atoms with Crippen LogP contribution >= 0.6 is 0 Å². The van der Waals surface area contributed by atoms with Crippen LogP contribution in [0.2, 0.25) is 0 Å². The second-order valence-electron chi connectivity index (χ2n) is 7.44. The molecular weight excluding hydrogens is 292 g/mol. The molecule has 0 radical (unpaired) electrons. The summed E-state index contributed by atoms with van der Waals surface area (Å²) in [5.74, 6) is 1.43. The summed E-state index contributed by atoms with van der Waals surface area (Å²) in [5, 5.41) is 6.52. The second-order valence-corrected chi connectivity index (χ2v) is 7.44. The zero-order valence-electron chi connectivity index (χ0n) is 14.8. The van der Waals surface area contributed by atoms with Gasteiger partial charge in [-0.2, -0.15) is 0 Å². The Morgan fingerprint density at radius 3 is 2.74 bits per heavy atom. The molecule has 1 aromatic heterocycles. The van der Waals surface area contributed by atoms with Crippen molar-refractivity contribution >= 4 is 6.09 Å². The zero-order chi connectivity index (χ0) is 16.9. The molecule has 1 aromatic rings. The third kappa shape index (κ3) is 5.90. The summed E-state index contributed by atoms with van der Waals surface area (Å²) < 4.78 is 10.8. The number of carbonyl (C=O) groups excluding carboxylic acids is 1. The minimum absolute atomic E-state index is 0.330. The summed E-state index contributed by atoms with van der Waals surface area (Å²) in [6, 6.07) is 2.39. The molecule has 2 atom stereocenters. The van der Waals surface area contributed by atoms with Crippen LogP contribution in [-0.4, -0.2) is 24.3 Å². The van der Waals surface area contributed by atoms with Crippen LogP contribution in [0.15, 0.2) is 16.7 Å². The summed E-state index contributed by atoms with van der Waals surface area (Å²) in [4.78, 5) is 11.8. The molecule has 0 saturated heterocycles. The maximum atomic E-state index is 11.8. The Labute approximate surface area is 139 Å². The molecule has 0 bridgehead atoms. The summed E-state index contributed by atoms with van der Waals surface area (Å²) in [6.07, 6.45) is 6.12. The van der Waals surface area contributed by atoms with E-state index in [4.69, 9.17) is 9.15 Å². The fourth-order valence-corrected chi connectivity index (χ4v) is 3.06. The lowest BCUT2D eigenvalue weighted by Gasteiger charge is -2.32. The molecule has 0 aliphatic heterocycles. The third-order valence-electron chi connectivity index (χ3n) is 4.31. The van der Waals surface area contributed by atoms with Gasteiger partial charge < -0.3 is 19.8 Å². The van der Waals surface area contributed by atoms with E-state index < -0.39 is 5.60 Å². The maximum Gasteiger partial charge on any atom is 0.407 e. The lowest BCUT2D eigenvalue weighted by molar-refractivity contribution is 0.0510. The van der Waals surface area contributed by atoms with E-state index in [2.05, 4.69) is 17.6 Å². The monoisotopic (exact) mass is 322 g/mol. The van der Waals surface area contributed by atoms with Gasteiger partial charge in [0.25, 0.3) is 0 Å². The van der Waals surface area contributed by atoms with Gasteiger partial charge in [-0.1, -0.05) is 12.8 Å². The van der Waals surface area contributed by atoms with Gasteiger partial charge in [-0.05, 0) is 58.1 Å². The van der Waals surface area contributed by atoms with Crippen molar-refractivity contribution in [1.82, 2.24) is 10.6 Å². The van der Waals surface area contributed by atoms with Crippen molar-refractivity contribution in [2.75, 3.05) is 6.54 Å². The Kier molecular flexibility index (Phi) is 6.10. The number of nitrogens with one attached hydrogen (secondary N) is 2. The molecule has 2 unspecified atom stereocenters. The van der Waals surface area contributed by atoms with E-state index in [-0.39, 0.29) is 6.09 Å². The molecule has 1 aliphatic rings. The molecule has 0 aromatic carbocycles. The molecule has 23 heavy (non-hydrogen) atoms. The standard InChI is InChI=1S/C18H30N2O3/c1-13-9-10-22-16(13)12-19-15-8-6-5-7-14(15)11-20-17(21)23-18(2,3)4/h9-10,14-15,19H,5-8,11-12H2,1-4H3,(H,20,21). The minimum Gasteiger partial charge on any atom is -0.468 e. The van der Waals surface area contributed by atoms with E-state index in [0.717, 1.165) is 25.1 Å². The van der Waals surface area contributed by atoms with Crippen LogP contribution < -0.4 is 10.6 Å². The predicted molar refractivity (Wildman–Crippen MR) is 90.3 cm³/mol. The van der Waals surface area contributed by atoms with Gasteiger partial charge >= 0.3 is 6.09 Å². The quantitative estimate of drug-likeness (QED) is 0.866. The molecule has 0 spiro atoms. The fraction of sp³-hybridized carbons (Fsp3) is 0.722. The number of ether oxygens (including phenoxy) is 1. The van der Waals surface area contributed by atoms with Gasteiger partial charge in [-0.25, -0.2) is 4.79 Å². The van der Waals surface area contributed by atoms with Crippen molar-refractivity contribution < 1.29 is 13.9 Å². The van der Waals surface area contributed by atoms with Crippen LogP contribution in [0.3, 0.4) is 0 Å². The normalized spacial score (nSPS) is 21.9. The third-order valence-corrected chi connectivity index (χ3v) is 4.31. The van der Waals surface area contributed by atoms with Crippen molar-refractivity contribution in [2.24, 2.45) is 5.92 Å². The summed E-state index contributed by atoms with van der Waals surface area (Å²) in [5.41, 5.74) is 0.724. The Morgan fingerprint density at radius 2 is 2.09 bits per heavy atom. The van der Waals surface area contributed by atoms with Crippen LogP contribution in [0.4, 0.5) is 4.79 Å². The highest BCUT2D eigenvalue weighted by Crippen LogP contribution is 2.24. The van der Waals surface area contributed by atoms with Gasteiger partial charge in [-0.15, -0.1) is 0 Å². The fourth-order valence-electron chi connectivity index (χ4n) is 3.06. The van der Waals surface area contributed by atoms with E-state index in [1.54, 1.807) is 6.26 Å². The van der Waals surface area contributed by atoms with Crippen molar-refractivity contribution in [3.05, 3.63) is 23.7 Å². The van der Waals surface area contributed by atoms with Gasteiger partial charge in [0, 0.05) is 12.6 Å². The van der Waals surface area contributed by atoms with E-state index in [9.17, 15) is 4.79 Å². The Hall–Kier alpha value is -1.49. The molecule has 1 saturated carbocycles. The van der Waals surface area contributed by atoms with Crippen LogP contribution in [0.5, 0.6) is 0 Å². The van der Waals surface area contributed by atoms with Gasteiger partial charge in [0.05, 0.1) is 12.8 Å². The van der Waals surface area contributed by atoms with Crippen molar-refractivity contribution in [1.29, 1.82) is 0 Å². The number of furan rings is 1. The topological polar surface area (TPSA) is 63.5 Å². The first-order valence-electron chi connectivity index (χ1n) is 8.58. The van der Waals surface area contributed by atoms with Crippen LogP contribution in [0, 0.1) is 12.8 Å². The van der Waals surface area contributed by atoms with Gasteiger partial charge in [0.15, 0.2) is 0 Å². The summed E-state index contributed by atoms with van der Waals surface area (Å²) >= 11 is 0. The first-order valence-corrected chi connectivity index (χ1v) is 8.58. The molecule has 1 amide bonds.